The van der Waals surface area contributed by atoms with Gasteiger partial charge in [0.05, 0.1) is 12.7 Å². The largest absolute Gasteiger partial charge is 0.451 e. The molecule has 7 nitrogen and oxygen atoms in total. The molecule has 3 aromatic rings. The Morgan fingerprint density at radius 3 is 2.42 bits per heavy atom. The van der Waals surface area contributed by atoms with Crippen LogP contribution in [0, 0.1) is 0 Å². The molecule has 2 heterocycles. The van der Waals surface area contributed by atoms with Crippen molar-refractivity contribution in [3.05, 3.63) is 65.9 Å². The number of carbonyl (C=O) groups excluding carboxylic acids is 2. The van der Waals surface area contributed by atoms with E-state index in [9.17, 15) is 9.59 Å². The molecule has 0 saturated carbocycles. The number of para-hydroxylation sites is 2. The minimum Gasteiger partial charge on any atom is -0.451 e. The van der Waals surface area contributed by atoms with Crippen molar-refractivity contribution in [2.45, 2.75) is 33.0 Å². The number of nitrogens with zero attached hydrogens (tertiary/aromatic N) is 2. The first-order valence-corrected chi connectivity index (χ1v) is 11.5. The van der Waals surface area contributed by atoms with E-state index in [4.69, 9.17) is 9.15 Å². The predicted molar refractivity (Wildman–Crippen MR) is 128 cm³/mol. The van der Waals surface area contributed by atoms with Crippen LogP contribution in [0.2, 0.25) is 0 Å². The summed E-state index contributed by atoms with van der Waals surface area (Å²) in [7, 11) is 0. The summed E-state index contributed by atoms with van der Waals surface area (Å²) >= 11 is 0. The summed E-state index contributed by atoms with van der Waals surface area (Å²) in [6, 6.07) is 17.8. The number of hydrogen-bond acceptors (Lipinski definition) is 5. The van der Waals surface area contributed by atoms with E-state index in [0.717, 1.165) is 24.0 Å². The average Bonchev–Trinajstić information content (AvgIpc) is 3.22. The van der Waals surface area contributed by atoms with Gasteiger partial charge in [-0.3, -0.25) is 9.59 Å². The van der Waals surface area contributed by atoms with E-state index >= 15 is 0 Å². The number of amides is 2. The maximum absolute atomic E-state index is 12.8. The van der Waals surface area contributed by atoms with Crippen molar-refractivity contribution < 1.29 is 18.7 Å². The fourth-order valence-corrected chi connectivity index (χ4v) is 4.05. The Hall–Kier alpha value is -3.32. The second-order valence-corrected chi connectivity index (χ2v) is 8.47. The van der Waals surface area contributed by atoms with Crippen LogP contribution in [0.4, 0.5) is 5.69 Å². The second kappa shape index (κ2) is 10.5. The number of piperazine rings is 1. The molecule has 0 bridgehead atoms. The molecule has 0 unspecified atom stereocenters. The van der Waals surface area contributed by atoms with Gasteiger partial charge in [-0.25, -0.2) is 0 Å². The molecule has 2 aromatic carbocycles. The minimum atomic E-state index is -0.324. The highest BCUT2D eigenvalue weighted by molar-refractivity contribution is 5.99. The van der Waals surface area contributed by atoms with E-state index < -0.39 is 0 Å². The van der Waals surface area contributed by atoms with Gasteiger partial charge in [0.25, 0.3) is 5.91 Å². The SMILES string of the molecule is CC(C)OCc1c(C(=O)NCCC(=O)N2CCN(c3ccccc3)CC2)oc2ccccc12. The number of furan rings is 1. The Morgan fingerprint density at radius 2 is 1.70 bits per heavy atom. The number of benzene rings is 2. The van der Waals surface area contributed by atoms with E-state index in [2.05, 4.69) is 22.3 Å². The number of fused-ring (bicyclic) bond motifs is 1. The zero-order valence-electron chi connectivity index (χ0n) is 19.3. The third-order valence-electron chi connectivity index (χ3n) is 5.84. The molecule has 4 rings (SSSR count). The lowest BCUT2D eigenvalue weighted by atomic mass is 10.1. The quantitative estimate of drug-likeness (QED) is 0.566. The van der Waals surface area contributed by atoms with Crippen molar-refractivity contribution in [1.82, 2.24) is 10.2 Å². The predicted octanol–water partition coefficient (Wildman–Crippen LogP) is 3.83. The fourth-order valence-electron chi connectivity index (χ4n) is 4.05. The monoisotopic (exact) mass is 449 g/mol. The lowest BCUT2D eigenvalue weighted by Crippen LogP contribution is -2.49. The molecule has 1 aliphatic heterocycles. The van der Waals surface area contributed by atoms with Gasteiger partial charge in [0.1, 0.15) is 5.58 Å². The third-order valence-corrected chi connectivity index (χ3v) is 5.84. The summed E-state index contributed by atoms with van der Waals surface area (Å²) in [5.41, 5.74) is 2.57. The van der Waals surface area contributed by atoms with Crippen LogP contribution >= 0.6 is 0 Å². The normalized spacial score (nSPS) is 14.2. The average molecular weight is 450 g/mol. The van der Waals surface area contributed by atoms with Crippen LogP contribution < -0.4 is 10.2 Å². The van der Waals surface area contributed by atoms with E-state index in [-0.39, 0.29) is 36.6 Å². The van der Waals surface area contributed by atoms with Crippen molar-refractivity contribution in [2.75, 3.05) is 37.6 Å². The first-order valence-electron chi connectivity index (χ1n) is 11.5. The zero-order valence-corrected chi connectivity index (χ0v) is 19.3. The fraction of sp³-hybridized carbons (Fsp3) is 0.385. The van der Waals surface area contributed by atoms with Crippen molar-refractivity contribution in [3.8, 4) is 0 Å². The number of rotatable bonds is 8. The number of hydrogen-bond donors (Lipinski definition) is 1. The number of carbonyl (C=O) groups is 2. The van der Waals surface area contributed by atoms with Crippen molar-refractivity contribution in [3.63, 3.8) is 0 Å². The third kappa shape index (κ3) is 5.54. The second-order valence-electron chi connectivity index (χ2n) is 8.47. The molecule has 0 atom stereocenters. The van der Waals surface area contributed by atoms with Crippen LogP contribution in [-0.2, 0) is 16.1 Å². The Kier molecular flexibility index (Phi) is 7.29. The number of nitrogens with one attached hydrogen (secondary N) is 1. The van der Waals surface area contributed by atoms with Gasteiger partial charge in [-0.05, 0) is 32.0 Å². The topological polar surface area (TPSA) is 75.0 Å². The zero-order chi connectivity index (χ0) is 23.2. The highest BCUT2D eigenvalue weighted by Gasteiger charge is 2.23. The Balaban J connectivity index is 1.30. The Labute approximate surface area is 194 Å². The molecule has 1 aliphatic rings. The highest BCUT2D eigenvalue weighted by Crippen LogP contribution is 2.27. The van der Waals surface area contributed by atoms with Crippen molar-refractivity contribution >= 4 is 28.5 Å². The molecule has 2 amide bonds. The van der Waals surface area contributed by atoms with Crippen molar-refractivity contribution in [2.24, 2.45) is 0 Å². The van der Waals surface area contributed by atoms with Crippen LogP contribution in [0.5, 0.6) is 0 Å². The van der Waals surface area contributed by atoms with E-state index in [0.29, 0.717) is 25.3 Å². The summed E-state index contributed by atoms with van der Waals surface area (Å²) in [6.45, 7) is 7.44. The smallest absolute Gasteiger partial charge is 0.287 e. The number of anilines is 1. The molecule has 1 fully saturated rings. The van der Waals surface area contributed by atoms with Crippen LogP contribution in [0.15, 0.2) is 59.0 Å². The molecule has 0 spiro atoms. The lowest BCUT2D eigenvalue weighted by molar-refractivity contribution is -0.131. The first kappa shape index (κ1) is 22.9. The molecule has 174 valence electrons. The molecular weight excluding hydrogens is 418 g/mol. The van der Waals surface area contributed by atoms with Crippen LogP contribution in [0.25, 0.3) is 11.0 Å². The molecule has 1 N–H and O–H groups in total. The Morgan fingerprint density at radius 1 is 1.00 bits per heavy atom. The van der Waals surface area contributed by atoms with Gasteiger partial charge < -0.3 is 24.3 Å². The number of ether oxygens (including phenoxy) is 1. The Bertz CT molecular complexity index is 1090. The molecule has 0 aliphatic carbocycles. The highest BCUT2D eigenvalue weighted by atomic mass is 16.5. The van der Waals surface area contributed by atoms with E-state index in [1.807, 2.05) is 61.2 Å². The maximum Gasteiger partial charge on any atom is 0.287 e. The maximum atomic E-state index is 12.8. The van der Waals surface area contributed by atoms with Gasteiger partial charge in [0.2, 0.25) is 5.91 Å². The summed E-state index contributed by atoms with van der Waals surface area (Å²) in [5, 5.41) is 3.72. The van der Waals surface area contributed by atoms with Crippen LogP contribution in [0.1, 0.15) is 36.4 Å². The van der Waals surface area contributed by atoms with E-state index in [1.165, 1.54) is 5.69 Å². The van der Waals surface area contributed by atoms with E-state index in [1.54, 1.807) is 0 Å². The minimum absolute atomic E-state index is 0.0366. The van der Waals surface area contributed by atoms with Gasteiger partial charge in [0, 0.05) is 55.8 Å². The molecule has 0 radical (unpaired) electrons. The molecule has 1 aromatic heterocycles. The van der Waals surface area contributed by atoms with Crippen LogP contribution in [-0.4, -0.2) is 55.5 Å². The summed E-state index contributed by atoms with van der Waals surface area (Å²) in [5.74, 6) is -0.0213. The van der Waals surface area contributed by atoms with Crippen LogP contribution in [0.3, 0.4) is 0 Å². The van der Waals surface area contributed by atoms with Gasteiger partial charge in [-0.1, -0.05) is 36.4 Å². The summed E-state index contributed by atoms with van der Waals surface area (Å²) < 4.78 is 11.6. The van der Waals surface area contributed by atoms with Crippen molar-refractivity contribution in [1.29, 1.82) is 0 Å². The summed E-state index contributed by atoms with van der Waals surface area (Å²) in [4.78, 5) is 29.7. The summed E-state index contributed by atoms with van der Waals surface area (Å²) in [6.07, 6.45) is 0.296. The lowest BCUT2D eigenvalue weighted by Gasteiger charge is -2.36. The molecular formula is C26H31N3O4. The molecule has 7 heteroatoms. The standard InChI is InChI=1S/C26H31N3O4/c1-19(2)32-18-22-21-10-6-7-11-23(21)33-25(22)26(31)27-13-12-24(30)29-16-14-28(15-17-29)20-8-4-3-5-9-20/h3-11,19H,12-18H2,1-2H3,(H,27,31). The van der Waals surface area contributed by atoms with Gasteiger partial charge in [-0.15, -0.1) is 0 Å². The molecule has 1 saturated heterocycles. The molecule has 33 heavy (non-hydrogen) atoms. The van der Waals surface area contributed by atoms with Gasteiger partial charge in [-0.2, -0.15) is 0 Å². The van der Waals surface area contributed by atoms with Gasteiger partial charge >= 0.3 is 0 Å². The first-order chi connectivity index (χ1) is 16.0. The van der Waals surface area contributed by atoms with Gasteiger partial charge in [0.15, 0.2) is 5.76 Å².